The van der Waals surface area contributed by atoms with E-state index < -0.39 is 5.60 Å². The van der Waals surface area contributed by atoms with E-state index in [0.717, 1.165) is 25.7 Å². The summed E-state index contributed by atoms with van der Waals surface area (Å²) in [6.07, 6.45) is 4.72. The Kier molecular flexibility index (Phi) is 7.71. The number of nitrogens with one attached hydrogen (secondary N) is 2. The standard InChI is InChI=1S/C19H36N2O3/c1-14(2)21-17(23)8-6-7-16(22)20-13-19(24)11-9-15(10-12-19)18(3,4)5/h14-15,24H,6-13H2,1-5H3,(H,20,22)(H,21,23). The van der Waals surface area contributed by atoms with Crippen molar-refractivity contribution in [1.29, 1.82) is 0 Å². The van der Waals surface area contributed by atoms with Gasteiger partial charge in [0, 0.05) is 25.4 Å². The molecule has 0 radical (unpaired) electrons. The fourth-order valence-electron chi connectivity index (χ4n) is 3.35. The number of hydrogen-bond acceptors (Lipinski definition) is 3. The van der Waals surface area contributed by atoms with Gasteiger partial charge < -0.3 is 15.7 Å². The zero-order chi connectivity index (χ0) is 18.4. The number of carbonyl (C=O) groups is 2. The minimum atomic E-state index is -0.771. The molecule has 1 fully saturated rings. The number of hydrogen-bond donors (Lipinski definition) is 3. The summed E-state index contributed by atoms with van der Waals surface area (Å²) in [7, 11) is 0. The van der Waals surface area contributed by atoms with Gasteiger partial charge in [0.25, 0.3) is 0 Å². The zero-order valence-electron chi connectivity index (χ0n) is 16.1. The number of rotatable bonds is 7. The van der Waals surface area contributed by atoms with Gasteiger partial charge >= 0.3 is 0 Å². The van der Waals surface area contributed by atoms with Crippen molar-refractivity contribution in [2.75, 3.05) is 6.54 Å². The maximum absolute atomic E-state index is 11.9. The summed E-state index contributed by atoms with van der Waals surface area (Å²) in [4.78, 5) is 23.4. The average Bonchev–Trinajstić information content (AvgIpc) is 2.44. The van der Waals surface area contributed by atoms with Gasteiger partial charge in [-0.15, -0.1) is 0 Å². The summed E-state index contributed by atoms with van der Waals surface area (Å²) in [5.74, 6) is 0.531. The second kappa shape index (κ2) is 8.84. The maximum atomic E-state index is 11.9. The third-order valence-corrected chi connectivity index (χ3v) is 5.01. The van der Waals surface area contributed by atoms with Crippen molar-refractivity contribution in [2.24, 2.45) is 11.3 Å². The molecule has 0 aromatic rings. The van der Waals surface area contributed by atoms with Crippen LogP contribution in [-0.2, 0) is 9.59 Å². The summed E-state index contributed by atoms with van der Waals surface area (Å²) >= 11 is 0. The van der Waals surface area contributed by atoms with E-state index >= 15 is 0 Å². The van der Waals surface area contributed by atoms with Crippen LogP contribution in [0.2, 0.25) is 0 Å². The zero-order valence-corrected chi connectivity index (χ0v) is 16.1. The third-order valence-electron chi connectivity index (χ3n) is 5.01. The van der Waals surface area contributed by atoms with Gasteiger partial charge in [-0.05, 0) is 57.3 Å². The van der Waals surface area contributed by atoms with Crippen LogP contribution in [0.1, 0.15) is 79.6 Å². The Morgan fingerprint density at radius 3 is 2.17 bits per heavy atom. The molecule has 1 rings (SSSR count). The molecule has 0 bridgehead atoms. The average molecular weight is 341 g/mol. The van der Waals surface area contributed by atoms with Crippen molar-refractivity contribution >= 4 is 11.8 Å². The van der Waals surface area contributed by atoms with E-state index in [9.17, 15) is 14.7 Å². The molecular formula is C19H36N2O3. The molecule has 0 aromatic carbocycles. The molecule has 0 aromatic heterocycles. The monoisotopic (exact) mass is 340 g/mol. The molecule has 0 spiro atoms. The second-order valence-electron chi connectivity index (χ2n) is 8.72. The van der Waals surface area contributed by atoms with Gasteiger partial charge in [-0.2, -0.15) is 0 Å². The Hall–Kier alpha value is -1.10. The lowest BCUT2D eigenvalue weighted by atomic mass is 9.68. The molecule has 0 aliphatic heterocycles. The van der Waals surface area contributed by atoms with Crippen molar-refractivity contribution in [3.63, 3.8) is 0 Å². The van der Waals surface area contributed by atoms with E-state index in [1.165, 1.54) is 0 Å². The normalized spacial score (nSPS) is 24.7. The maximum Gasteiger partial charge on any atom is 0.220 e. The number of carbonyl (C=O) groups excluding carboxylic acids is 2. The lowest BCUT2D eigenvalue weighted by Gasteiger charge is -2.41. The SMILES string of the molecule is CC(C)NC(=O)CCCC(=O)NCC1(O)CCC(C(C)(C)C)CC1. The Balaban J connectivity index is 2.24. The summed E-state index contributed by atoms with van der Waals surface area (Å²) in [6, 6.07) is 0.129. The molecular weight excluding hydrogens is 304 g/mol. The molecule has 0 heterocycles. The molecule has 5 heteroatoms. The fraction of sp³-hybridized carbons (Fsp3) is 0.895. The molecule has 5 nitrogen and oxygen atoms in total. The number of amides is 2. The Labute approximate surface area is 147 Å². The Morgan fingerprint density at radius 2 is 1.67 bits per heavy atom. The molecule has 1 saturated carbocycles. The quantitative estimate of drug-likeness (QED) is 0.667. The van der Waals surface area contributed by atoms with E-state index in [4.69, 9.17) is 0 Å². The summed E-state index contributed by atoms with van der Waals surface area (Å²) in [6.45, 7) is 10.9. The molecule has 140 valence electrons. The third kappa shape index (κ3) is 7.65. The topological polar surface area (TPSA) is 78.4 Å². The van der Waals surface area contributed by atoms with Crippen LogP contribution < -0.4 is 10.6 Å². The minimum Gasteiger partial charge on any atom is -0.388 e. The lowest BCUT2D eigenvalue weighted by molar-refractivity contribution is -0.123. The molecule has 3 N–H and O–H groups in total. The largest absolute Gasteiger partial charge is 0.388 e. The van der Waals surface area contributed by atoms with Gasteiger partial charge in [-0.3, -0.25) is 9.59 Å². The van der Waals surface area contributed by atoms with Gasteiger partial charge in [-0.25, -0.2) is 0 Å². The van der Waals surface area contributed by atoms with E-state index in [-0.39, 0.29) is 23.3 Å². The van der Waals surface area contributed by atoms with Crippen molar-refractivity contribution in [2.45, 2.75) is 91.2 Å². The Morgan fingerprint density at radius 1 is 1.12 bits per heavy atom. The van der Waals surface area contributed by atoms with Crippen LogP contribution in [-0.4, -0.2) is 35.1 Å². The minimum absolute atomic E-state index is 0.0167. The first-order valence-electron chi connectivity index (χ1n) is 9.30. The molecule has 0 atom stereocenters. The van der Waals surface area contributed by atoms with Crippen molar-refractivity contribution in [1.82, 2.24) is 10.6 Å². The van der Waals surface area contributed by atoms with Gasteiger partial charge in [0.15, 0.2) is 0 Å². The van der Waals surface area contributed by atoms with Crippen LogP contribution in [0.15, 0.2) is 0 Å². The first kappa shape index (κ1) is 20.9. The summed E-state index contributed by atoms with van der Waals surface area (Å²) < 4.78 is 0. The molecule has 24 heavy (non-hydrogen) atoms. The van der Waals surface area contributed by atoms with Gasteiger partial charge in [0.2, 0.25) is 11.8 Å². The molecule has 0 saturated heterocycles. The van der Waals surface area contributed by atoms with Crippen LogP contribution in [0.5, 0.6) is 0 Å². The van der Waals surface area contributed by atoms with Crippen molar-refractivity contribution < 1.29 is 14.7 Å². The molecule has 1 aliphatic carbocycles. The fourth-order valence-corrected chi connectivity index (χ4v) is 3.35. The van der Waals surface area contributed by atoms with Crippen LogP contribution in [0.4, 0.5) is 0 Å². The van der Waals surface area contributed by atoms with E-state index in [1.807, 2.05) is 13.8 Å². The van der Waals surface area contributed by atoms with Crippen LogP contribution >= 0.6 is 0 Å². The molecule has 0 unspecified atom stereocenters. The highest BCUT2D eigenvalue weighted by molar-refractivity contribution is 5.79. The van der Waals surface area contributed by atoms with Gasteiger partial charge in [0.05, 0.1) is 5.60 Å². The highest BCUT2D eigenvalue weighted by atomic mass is 16.3. The molecule has 1 aliphatic rings. The highest BCUT2D eigenvalue weighted by Gasteiger charge is 2.37. The predicted molar refractivity (Wildman–Crippen MR) is 96.5 cm³/mol. The van der Waals surface area contributed by atoms with Crippen molar-refractivity contribution in [3.8, 4) is 0 Å². The summed E-state index contributed by atoms with van der Waals surface area (Å²) in [5, 5.41) is 16.3. The van der Waals surface area contributed by atoms with Gasteiger partial charge in [0.1, 0.15) is 0 Å². The van der Waals surface area contributed by atoms with Crippen molar-refractivity contribution in [3.05, 3.63) is 0 Å². The number of aliphatic hydroxyl groups is 1. The van der Waals surface area contributed by atoms with Crippen LogP contribution in [0, 0.1) is 11.3 Å². The predicted octanol–water partition coefficient (Wildman–Crippen LogP) is 2.76. The van der Waals surface area contributed by atoms with Crippen LogP contribution in [0.3, 0.4) is 0 Å². The second-order valence-corrected chi connectivity index (χ2v) is 8.72. The lowest BCUT2D eigenvalue weighted by Crippen LogP contribution is -2.46. The van der Waals surface area contributed by atoms with E-state index in [0.29, 0.717) is 31.7 Å². The summed E-state index contributed by atoms with van der Waals surface area (Å²) in [5.41, 5.74) is -0.492. The smallest absolute Gasteiger partial charge is 0.220 e. The van der Waals surface area contributed by atoms with Gasteiger partial charge in [-0.1, -0.05) is 20.8 Å². The first-order chi connectivity index (χ1) is 11.0. The highest BCUT2D eigenvalue weighted by Crippen LogP contribution is 2.41. The Bertz CT molecular complexity index is 419. The molecule has 2 amide bonds. The van der Waals surface area contributed by atoms with E-state index in [1.54, 1.807) is 0 Å². The van der Waals surface area contributed by atoms with Crippen LogP contribution in [0.25, 0.3) is 0 Å². The van der Waals surface area contributed by atoms with E-state index in [2.05, 4.69) is 31.4 Å². The first-order valence-corrected chi connectivity index (χ1v) is 9.30.